The Morgan fingerprint density at radius 1 is 1.21 bits per heavy atom. The fraction of sp³-hybridized carbons (Fsp3) is 1.00. The minimum absolute atomic E-state index is 0.717. The summed E-state index contributed by atoms with van der Waals surface area (Å²) in [5.41, 5.74) is 0. The summed E-state index contributed by atoms with van der Waals surface area (Å²) in [4.78, 5) is 2.74. The van der Waals surface area contributed by atoms with Crippen molar-refractivity contribution in [2.75, 3.05) is 0 Å². The first kappa shape index (κ1) is 12.0. The minimum atomic E-state index is 0.717. The third-order valence-electron chi connectivity index (χ3n) is 3.57. The molecule has 1 rings (SSSR count). The first-order chi connectivity index (χ1) is 6.56. The van der Waals surface area contributed by atoms with Crippen LogP contribution in [0.3, 0.4) is 0 Å². The highest BCUT2D eigenvalue weighted by Crippen LogP contribution is 2.31. The molecule has 3 unspecified atom stereocenters. The van der Waals surface area contributed by atoms with Gasteiger partial charge in [-0.05, 0) is 46.0 Å². The Hall–Kier alpha value is -0.0400. The molecule has 3 atom stereocenters. The Bertz CT molecular complexity index is 165. The Morgan fingerprint density at radius 2 is 1.86 bits per heavy atom. The average Bonchev–Trinajstić information content (AvgIpc) is 2.01. The van der Waals surface area contributed by atoms with Gasteiger partial charge >= 0.3 is 0 Å². The summed E-state index contributed by atoms with van der Waals surface area (Å²) < 4.78 is 0. The van der Waals surface area contributed by atoms with Crippen LogP contribution in [-0.2, 0) is 0 Å². The number of likely N-dealkylation sites (tertiary alicyclic amines) is 1. The lowest BCUT2D eigenvalue weighted by atomic mass is 9.85. The van der Waals surface area contributed by atoms with Crippen LogP contribution in [0.25, 0.3) is 0 Å². The second-order valence-electron chi connectivity index (χ2n) is 5.41. The van der Waals surface area contributed by atoms with E-state index in [0.717, 1.165) is 18.0 Å². The molecule has 0 spiro atoms. The summed E-state index contributed by atoms with van der Waals surface area (Å²) in [5, 5.41) is 0. The molecule has 0 aromatic rings. The third-order valence-corrected chi connectivity index (χ3v) is 3.57. The number of nitrogens with zero attached hydrogens (tertiary/aromatic N) is 1. The molecule has 1 fully saturated rings. The largest absolute Gasteiger partial charge is 0.295 e. The lowest BCUT2D eigenvalue weighted by Gasteiger charge is -2.46. The van der Waals surface area contributed by atoms with Crippen molar-refractivity contribution >= 4 is 0 Å². The van der Waals surface area contributed by atoms with Gasteiger partial charge in [-0.25, -0.2) is 0 Å². The second-order valence-corrected chi connectivity index (χ2v) is 5.41. The molecule has 1 heteroatoms. The Kier molecular flexibility index (Phi) is 4.43. The fourth-order valence-electron chi connectivity index (χ4n) is 3.28. The summed E-state index contributed by atoms with van der Waals surface area (Å²) in [6.45, 7) is 11.8. The van der Waals surface area contributed by atoms with Gasteiger partial charge in [-0.2, -0.15) is 0 Å². The van der Waals surface area contributed by atoms with Crippen LogP contribution in [0.1, 0.15) is 60.3 Å². The van der Waals surface area contributed by atoms with Gasteiger partial charge in [0.25, 0.3) is 0 Å². The van der Waals surface area contributed by atoms with Gasteiger partial charge in [-0.15, -0.1) is 0 Å². The SMILES string of the molecule is CCCC1CC(C)CC(C)N1C(C)C. The van der Waals surface area contributed by atoms with Gasteiger partial charge in [0, 0.05) is 18.1 Å². The topological polar surface area (TPSA) is 3.24 Å². The van der Waals surface area contributed by atoms with E-state index in [1.165, 1.54) is 25.7 Å². The molecular formula is C13H27N. The van der Waals surface area contributed by atoms with E-state index in [2.05, 4.69) is 39.5 Å². The van der Waals surface area contributed by atoms with Crippen LogP contribution in [0.4, 0.5) is 0 Å². The zero-order chi connectivity index (χ0) is 10.7. The van der Waals surface area contributed by atoms with Gasteiger partial charge in [-0.3, -0.25) is 4.90 Å². The van der Waals surface area contributed by atoms with Gasteiger partial charge in [0.1, 0.15) is 0 Å². The standard InChI is InChI=1S/C13H27N/c1-6-7-13-9-11(4)8-12(5)14(13)10(2)3/h10-13H,6-9H2,1-5H3. The molecule has 1 aliphatic rings. The fourth-order valence-corrected chi connectivity index (χ4v) is 3.28. The van der Waals surface area contributed by atoms with Crippen molar-refractivity contribution in [1.29, 1.82) is 0 Å². The minimum Gasteiger partial charge on any atom is -0.295 e. The predicted octanol–water partition coefficient (Wildman–Crippen LogP) is 3.68. The van der Waals surface area contributed by atoms with Gasteiger partial charge in [0.15, 0.2) is 0 Å². The van der Waals surface area contributed by atoms with E-state index in [0.29, 0.717) is 6.04 Å². The van der Waals surface area contributed by atoms with Crippen molar-refractivity contribution < 1.29 is 0 Å². The molecule has 14 heavy (non-hydrogen) atoms. The van der Waals surface area contributed by atoms with Crippen LogP contribution in [0.5, 0.6) is 0 Å². The average molecular weight is 197 g/mol. The Labute approximate surface area is 89.9 Å². The first-order valence-electron chi connectivity index (χ1n) is 6.33. The third kappa shape index (κ3) is 2.73. The highest BCUT2D eigenvalue weighted by molar-refractivity contribution is 4.86. The van der Waals surface area contributed by atoms with Crippen LogP contribution in [0.2, 0.25) is 0 Å². The molecule has 1 nitrogen and oxygen atoms in total. The van der Waals surface area contributed by atoms with Gasteiger partial charge in [-0.1, -0.05) is 20.3 Å². The molecule has 1 saturated heterocycles. The van der Waals surface area contributed by atoms with Crippen LogP contribution >= 0.6 is 0 Å². The number of piperidine rings is 1. The monoisotopic (exact) mass is 197 g/mol. The number of rotatable bonds is 3. The van der Waals surface area contributed by atoms with Crippen LogP contribution in [0, 0.1) is 5.92 Å². The highest BCUT2D eigenvalue weighted by atomic mass is 15.2. The van der Waals surface area contributed by atoms with Crippen LogP contribution in [-0.4, -0.2) is 23.0 Å². The Balaban J connectivity index is 2.65. The maximum atomic E-state index is 2.74. The lowest BCUT2D eigenvalue weighted by molar-refractivity contribution is 0.0329. The maximum Gasteiger partial charge on any atom is 0.0103 e. The highest BCUT2D eigenvalue weighted by Gasteiger charge is 2.32. The van der Waals surface area contributed by atoms with Gasteiger partial charge in [0.2, 0.25) is 0 Å². The van der Waals surface area contributed by atoms with Crippen molar-refractivity contribution in [3.05, 3.63) is 0 Å². The van der Waals surface area contributed by atoms with E-state index in [1.807, 2.05) is 0 Å². The van der Waals surface area contributed by atoms with Gasteiger partial charge < -0.3 is 0 Å². The molecule has 0 aliphatic carbocycles. The molecule has 1 heterocycles. The van der Waals surface area contributed by atoms with Crippen molar-refractivity contribution in [2.24, 2.45) is 5.92 Å². The summed E-state index contributed by atoms with van der Waals surface area (Å²) in [6, 6.07) is 2.35. The lowest BCUT2D eigenvalue weighted by Crippen LogP contribution is -2.50. The Morgan fingerprint density at radius 3 is 2.36 bits per heavy atom. The van der Waals surface area contributed by atoms with E-state index in [1.54, 1.807) is 0 Å². The van der Waals surface area contributed by atoms with E-state index in [-0.39, 0.29) is 0 Å². The second kappa shape index (κ2) is 5.16. The summed E-state index contributed by atoms with van der Waals surface area (Å²) in [7, 11) is 0. The van der Waals surface area contributed by atoms with Gasteiger partial charge in [0.05, 0.1) is 0 Å². The summed E-state index contributed by atoms with van der Waals surface area (Å²) >= 11 is 0. The quantitative estimate of drug-likeness (QED) is 0.667. The maximum absolute atomic E-state index is 2.74. The molecule has 1 aliphatic heterocycles. The first-order valence-corrected chi connectivity index (χ1v) is 6.33. The summed E-state index contributed by atoms with van der Waals surface area (Å²) in [6.07, 6.45) is 5.51. The molecule has 0 bridgehead atoms. The molecule has 0 aromatic carbocycles. The van der Waals surface area contributed by atoms with Crippen LogP contribution < -0.4 is 0 Å². The van der Waals surface area contributed by atoms with E-state index < -0.39 is 0 Å². The van der Waals surface area contributed by atoms with Crippen molar-refractivity contribution in [3.63, 3.8) is 0 Å². The molecule has 0 radical (unpaired) electrons. The van der Waals surface area contributed by atoms with Crippen molar-refractivity contribution in [1.82, 2.24) is 4.90 Å². The van der Waals surface area contributed by atoms with Crippen molar-refractivity contribution in [3.8, 4) is 0 Å². The molecular weight excluding hydrogens is 170 g/mol. The summed E-state index contributed by atoms with van der Waals surface area (Å²) in [5.74, 6) is 0.927. The predicted molar refractivity (Wildman–Crippen MR) is 63.5 cm³/mol. The van der Waals surface area contributed by atoms with E-state index in [9.17, 15) is 0 Å². The smallest absolute Gasteiger partial charge is 0.0103 e. The van der Waals surface area contributed by atoms with Crippen LogP contribution in [0.15, 0.2) is 0 Å². The molecule has 0 N–H and O–H groups in total. The van der Waals surface area contributed by atoms with Crippen molar-refractivity contribution in [2.45, 2.75) is 78.4 Å². The zero-order valence-corrected chi connectivity index (χ0v) is 10.6. The number of hydrogen-bond acceptors (Lipinski definition) is 1. The van der Waals surface area contributed by atoms with E-state index >= 15 is 0 Å². The molecule has 0 amide bonds. The number of hydrogen-bond donors (Lipinski definition) is 0. The molecule has 84 valence electrons. The zero-order valence-electron chi connectivity index (χ0n) is 10.6. The molecule has 0 aromatic heterocycles. The van der Waals surface area contributed by atoms with E-state index in [4.69, 9.17) is 0 Å². The normalized spacial score (nSPS) is 35.1. The molecule has 0 saturated carbocycles.